The molecular weight excluding hydrogens is 364 g/mol. The molecule has 0 unspecified atom stereocenters. The van der Waals surface area contributed by atoms with Gasteiger partial charge in [-0.25, -0.2) is 18.1 Å². The van der Waals surface area contributed by atoms with Crippen LogP contribution in [0.4, 0.5) is 11.5 Å². The Morgan fingerprint density at radius 1 is 1.15 bits per heavy atom. The van der Waals surface area contributed by atoms with Crippen LogP contribution < -0.4 is 14.9 Å². The van der Waals surface area contributed by atoms with E-state index >= 15 is 0 Å². The van der Waals surface area contributed by atoms with Crippen molar-refractivity contribution >= 4 is 27.4 Å². The molecule has 1 amide bonds. The van der Waals surface area contributed by atoms with Gasteiger partial charge in [0, 0.05) is 18.7 Å². The van der Waals surface area contributed by atoms with Gasteiger partial charge in [0.05, 0.1) is 16.8 Å². The number of benzene rings is 1. The van der Waals surface area contributed by atoms with Crippen molar-refractivity contribution in [3.63, 3.8) is 0 Å². The summed E-state index contributed by atoms with van der Waals surface area (Å²) in [5, 5.41) is 2.74. The molecule has 2 N–H and O–H groups in total. The summed E-state index contributed by atoms with van der Waals surface area (Å²) in [7, 11) is -2.30. The van der Waals surface area contributed by atoms with Crippen molar-refractivity contribution in [2.75, 3.05) is 30.4 Å². The number of carbonyl (C=O) groups excluding carboxylic acids is 1. The fourth-order valence-corrected chi connectivity index (χ4v) is 4.22. The molecule has 2 aromatic rings. The molecule has 3 rings (SSSR count). The van der Waals surface area contributed by atoms with Gasteiger partial charge in [-0.3, -0.25) is 4.79 Å². The number of hydrogen-bond acceptors (Lipinski definition) is 5. The van der Waals surface area contributed by atoms with Crippen LogP contribution in [0.1, 0.15) is 34.3 Å². The first-order chi connectivity index (χ1) is 12.8. The number of amides is 1. The number of pyridine rings is 1. The summed E-state index contributed by atoms with van der Waals surface area (Å²) in [6, 6.07) is 6.77. The van der Waals surface area contributed by atoms with Crippen LogP contribution in [-0.4, -0.2) is 39.4 Å². The van der Waals surface area contributed by atoms with Crippen molar-refractivity contribution in [2.45, 2.75) is 31.6 Å². The van der Waals surface area contributed by atoms with Crippen LogP contribution in [0, 0.1) is 13.8 Å². The molecule has 144 valence electrons. The van der Waals surface area contributed by atoms with E-state index in [1.54, 1.807) is 32.2 Å². The molecule has 7 nitrogen and oxygen atoms in total. The highest BCUT2D eigenvalue weighted by Crippen LogP contribution is 2.23. The van der Waals surface area contributed by atoms with E-state index in [4.69, 9.17) is 0 Å². The van der Waals surface area contributed by atoms with Gasteiger partial charge in [-0.1, -0.05) is 0 Å². The number of carbonyl (C=O) groups is 1. The summed E-state index contributed by atoms with van der Waals surface area (Å²) in [6.07, 6.45) is 4.12. The van der Waals surface area contributed by atoms with Crippen molar-refractivity contribution in [3.05, 3.63) is 47.2 Å². The summed E-state index contributed by atoms with van der Waals surface area (Å²) in [6.45, 7) is 5.56. The Morgan fingerprint density at radius 2 is 1.85 bits per heavy atom. The van der Waals surface area contributed by atoms with E-state index in [1.165, 1.54) is 26.0 Å². The molecule has 27 heavy (non-hydrogen) atoms. The molecule has 0 atom stereocenters. The maximum Gasteiger partial charge on any atom is 0.256 e. The summed E-state index contributed by atoms with van der Waals surface area (Å²) in [4.78, 5) is 19.3. The second-order valence-corrected chi connectivity index (χ2v) is 8.53. The zero-order valence-electron chi connectivity index (χ0n) is 15.7. The molecule has 1 aliphatic rings. The van der Waals surface area contributed by atoms with Crippen molar-refractivity contribution < 1.29 is 13.2 Å². The number of aryl methyl sites for hydroxylation is 1. The number of rotatable bonds is 5. The van der Waals surface area contributed by atoms with Crippen LogP contribution in [0.2, 0.25) is 0 Å². The zero-order valence-corrected chi connectivity index (χ0v) is 16.6. The zero-order chi connectivity index (χ0) is 19.6. The van der Waals surface area contributed by atoms with Crippen LogP contribution in [0.15, 0.2) is 35.4 Å². The lowest BCUT2D eigenvalue weighted by Gasteiger charge is -2.17. The van der Waals surface area contributed by atoms with E-state index in [0.717, 1.165) is 24.3 Å². The monoisotopic (exact) mass is 388 g/mol. The maximum atomic E-state index is 12.6. The van der Waals surface area contributed by atoms with Crippen molar-refractivity contribution in [2.24, 2.45) is 0 Å². The lowest BCUT2D eigenvalue weighted by atomic mass is 10.1. The minimum absolute atomic E-state index is 0.104. The summed E-state index contributed by atoms with van der Waals surface area (Å²) < 4.78 is 26.7. The maximum absolute atomic E-state index is 12.6. The summed E-state index contributed by atoms with van der Waals surface area (Å²) >= 11 is 0. The molecule has 0 bridgehead atoms. The first-order valence-corrected chi connectivity index (χ1v) is 10.4. The Bertz CT molecular complexity index is 950. The smallest absolute Gasteiger partial charge is 0.256 e. The van der Waals surface area contributed by atoms with Crippen LogP contribution in [0.25, 0.3) is 0 Å². The molecule has 0 aliphatic carbocycles. The quantitative estimate of drug-likeness (QED) is 0.821. The first-order valence-electron chi connectivity index (χ1n) is 8.89. The fraction of sp³-hybridized carbons (Fsp3) is 0.368. The standard InChI is InChI=1S/C19H24N4O3S/c1-13-10-15(11-17(14(13)2)27(25,26)20-3)19(24)22-18-7-6-16(12-21-18)23-8-4-5-9-23/h6-7,10-12,20H,4-5,8-9H2,1-3H3,(H,21,22,24). The normalized spacial score (nSPS) is 14.4. The number of hydrogen-bond donors (Lipinski definition) is 2. The van der Waals surface area contributed by atoms with Crippen molar-refractivity contribution in [1.29, 1.82) is 0 Å². The minimum Gasteiger partial charge on any atom is -0.370 e. The Hall–Kier alpha value is -2.45. The van der Waals surface area contributed by atoms with Gasteiger partial charge in [0.15, 0.2) is 0 Å². The highest BCUT2D eigenvalue weighted by Gasteiger charge is 2.20. The van der Waals surface area contributed by atoms with Gasteiger partial charge < -0.3 is 10.2 Å². The number of aromatic nitrogens is 1. The fourth-order valence-electron chi connectivity index (χ4n) is 3.16. The Kier molecular flexibility index (Phi) is 5.48. The molecule has 2 heterocycles. The number of sulfonamides is 1. The highest BCUT2D eigenvalue weighted by atomic mass is 32.2. The van der Waals surface area contributed by atoms with Crippen molar-refractivity contribution in [3.8, 4) is 0 Å². The second-order valence-electron chi connectivity index (χ2n) is 6.67. The van der Waals surface area contributed by atoms with Crippen LogP contribution in [-0.2, 0) is 10.0 Å². The van der Waals surface area contributed by atoms with E-state index in [1.807, 2.05) is 6.07 Å². The van der Waals surface area contributed by atoms with Crippen LogP contribution in [0.3, 0.4) is 0 Å². The topological polar surface area (TPSA) is 91.4 Å². The first kappa shape index (κ1) is 19.3. The van der Waals surface area contributed by atoms with E-state index in [9.17, 15) is 13.2 Å². The van der Waals surface area contributed by atoms with Gasteiger partial charge in [-0.2, -0.15) is 0 Å². The average molecular weight is 388 g/mol. The van der Waals surface area contributed by atoms with Gasteiger partial charge in [0.2, 0.25) is 10.0 Å². The number of nitrogens with one attached hydrogen (secondary N) is 2. The average Bonchev–Trinajstić information content (AvgIpc) is 3.19. The molecular formula is C19H24N4O3S. The highest BCUT2D eigenvalue weighted by molar-refractivity contribution is 7.89. The van der Waals surface area contributed by atoms with E-state index in [-0.39, 0.29) is 10.5 Å². The van der Waals surface area contributed by atoms with Crippen LogP contribution >= 0.6 is 0 Å². The lowest BCUT2D eigenvalue weighted by molar-refractivity contribution is 0.102. The van der Waals surface area contributed by atoms with Gasteiger partial charge in [0.1, 0.15) is 5.82 Å². The minimum atomic E-state index is -3.65. The molecule has 1 aromatic carbocycles. The predicted molar refractivity (Wildman–Crippen MR) is 106 cm³/mol. The molecule has 0 spiro atoms. The van der Waals surface area contributed by atoms with Gasteiger partial charge in [-0.05, 0) is 69.1 Å². The number of nitrogens with zero attached hydrogens (tertiary/aromatic N) is 2. The third-order valence-corrected chi connectivity index (χ3v) is 6.44. The molecule has 1 aromatic heterocycles. The van der Waals surface area contributed by atoms with Crippen molar-refractivity contribution in [1.82, 2.24) is 9.71 Å². The van der Waals surface area contributed by atoms with Crippen LogP contribution in [0.5, 0.6) is 0 Å². The lowest BCUT2D eigenvalue weighted by Crippen LogP contribution is -2.21. The van der Waals surface area contributed by atoms with Gasteiger partial charge in [0.25, 0.3) is 5.91 Å². The summed E-state index contributed by atoms with van der Waals surface area (Å²) in [5.41, 5.74) is 2.67. The SMILES string of the molecule is CNS(=O)(=O)c1cc(C(=O)Nc2ccc(N3CCCC3)cn2)cc(C)c1C. The van der Waals surface area contributed by atoms with Gasteiger partial charge in [-0.15, -0.1) is 0 Å². The van der Waals surface area contributed by atoms with E-state index in [0.29, 0.717) is 11.4 Å². The summed E-state index contributed by atoms with van der Waals surface area (Å²) in [5.74, 6) is 0.0336. The predicted octanol–water partition coefficient (Wildman–Crippen LogP) is 2.46. The molecule has 8 heteroatoms. The van der Waals surface area contributed by atoms with Gasteiger partial charge >= 0.3 is 0 Å². The van der Waals surface area contributed by atoms with E-state index in [2.05, 4.69) is 19.9 Å². The Morgan fingerprint density at radius 3 is 2.44 bits per heavy atom. The molecule has 0 radical (unpaired) electrons. The molecule has 1 fully saturated rings. The Balaban J connectivity index is 1.82. The largest absolute Gasteiger partial charge is 0.370 e. The second kappa shape index (κ2) is 7.66. The van der Waals surface area contributed by atoms with E-state index < -0.39 is 15.9 Å². The molecule has 0 saturated carbocycles. The Labute approximate surface area is 159 Å². The molecule has 1 saturated heterocycles. The molecule has 1 aliphatic heterocycles. The number of anilines is 2. The third-order valence-electron chi connectivity index (χ3n) is 4.90. The third kappa shape index (κ3) is 4.12.